The quantitative estimate of drug-likeness (QED) is 0.131. The number of hydrogen-bond acceptors (Lipinski definition) is 2. The molecule has 0 saturated heterocycles. The molecule has 0 aliphatic rings. The number of rotatable bonds is 7. The minimum absolute atomic E-state index is 0.229. The van der Waals surface area contributed by atoms with Gasteiger partial charge in [0.25, 0.3) is 0 Å². The van der Waals surface area contributed by atoms with Crippen LogP contribution in [0.3, 0.4) is 0 Å². The maximum absolute atomic E-state index is 5.94. The fourth-order valence-corrected chi connectivity index (χ4v) is 5.64. The van der Waals surface area contributed by atoms with Crippen molar-refractivity contribution in [1.29, 1.82) is 0 Å². The molecule has 0 amide bonds. The zero-order valence-corrected chi connectivity index (χ0v) is 24.7. The number of alkyl halides is 1. The van der Waals surface area contributed by atoms with Gasteiger partial charge < -0.3 is 0 Å². The number of aryl methyl sites for hydroxylation is 1. The number of aliphatic imine (C=N–C) groups is 2. The Morgan fingerprint density at radius 3 is 1.97 bits per heavy atom. The van der Waals surface area contributed by atoms with Crippen molar-refractivity contribution in [2.24, 2.45) is 9.98 Å². The van der Waals surface area contributed by atoms with Crippen LogP contribution in [0.1, 0.15) is 75.6 Å². The van der Waals surface area contributed by atoms with E-state index in [1.807, 2.05) is 13.8 Å². The summed E-state index contributed by atoms with van der Waals surface area (Å²) >= 11 is 5.94. The first-order valence-electron chi connectivity index (χ1n) is 13.5. The van der Waals surface area contributed by atoms with Gasteiger partial charge >= 0.3 is 0 Å². The second kappa shape index (κ2) is 11.7. The molecular weight excluding hydrogens is 484 g/mol. The number of benzene rings is 4. The Kier molecular flexibility index (Phi) is 8.53. The Morgan fingerprint density at radius 2 is 1.34 bits per heavy atom. The molecule has 4 aromatic carbocycles. The molecule has 4 rings (SSSR count). The topological polar surface area (TPSA) is 24.7 Å². The van der Waals surface area contributed by atoms with Crippen LogP contribution in [0.4, 0.5) is 5.69 Å². The van der Waals surface area contributed by atoms with Gasteiger partial charge in [-0.2, -0.15) is 0 Å². The maximum atomic E-state index is 5.94. The minimum Gasteiger partial charge on any atom is -0.272 e. The number of hydrogen-bond donors (Lipinski definition) is 0. The summed E-state index contributed by atoms with van der Waals surface area (Å²) in [6, 6.07) is 24.5. The van der Waals surface area contributed by atoms with Gasteiger partial charge in [0.15, 0.2) is 0 Å². The first-order chi connectivity index (χ1) is 18.1. The van der Waals surface area contributed by atoms with Crippen molar-refractivity contribution in [3.8, 4) is 22.3 Å². The normalized spacial score (nSPS) is 12.7. The van der Waals surface area contributed by atoms with Crippen molar-refractivity contribution in [3.63, 3.8) is 0 Å². The molecule has 0 spiro atoms. The van der Waals surface area contributed by atoms with Gasteiger partial charge in [-0.05, 0) is 95.3 Å². The Balaban J connectivity index is 2.15. The Bertz CT molecular complexity index is 1510. The Morgan fingerprint density at radius 1 is 0.737 bits per heavy atom. The Labute approximate surface area is 233 Å². The number of fused-ring (bicyclic) bond motifs is 1. The summed E-state index contributed by atoms with van der Waals surface area (Å²) in [5.41, 5.74) is 13.0. The smallest absolute Gasteiger partial charge is 0.113 e. The third kappa shape index (κ3) is 5.33. The lowest BCUT2D eigenvalue weighted by atomic mass is 9.80. The van der Waals surface area contributed by atoms with Crippen molar-refractivity contribution in [2.75, 3.05) is 6.00 Å². The molecule has 196 valence electrons. The molecule has 0 aliphatic heterocycles. The molecule has 0 heterocycles. The molecular formula is C35H39ClN2. The van der Waals surface area contributed by atoms with E-state index in [4.69, 9.17) is 16.6 Å². The van der Waals surface area contributed by atoms with E-state index < -0.39 is 0 Å². The van der Waals surface area contributed by atoms with E-state index in [9.17, 15) is 0 Å². The fourth-order valence-electron chi connectivity index (χ4n) is 5.46. The molecule has 38 heavy (non-hydrogen) atoms. The van der Waals surface area contributed by atoms with Gasteiger partial charge in [-0.1, -0.05) is 88.4 Å². The van der Waals surface area contributed by atoms with Crippen molar-refractivity contribution in [2.45, 2.75) is 67.2 Å². The third-order valence-corrected chi connectivity index (χ3v) is 7.66. The van der Waals surface area contributed by atoms with Crippen LogP contribution in [0.15, 0.2) is 76.7 Å². The van der Waals surface area contributed by atoms with Crippen LogP contribution in [0.2, 0.25) is 0 Å². The summed E-state index contributed by atoms with van der Waals surface area (Å²) in [4.78, 5) is 9.69. The molecule has 3 heteroatoms. The lowest BCUT2D eigenvalue weighted by Crippen LogP contribution is -2.07. The van der Waals surface area contributed by atoms with Gasteiger partial charge in [-0.15, -0.1) is 11.6 Å². The zero-order valence-electron chi connectivity index (χ0n) is 24.0. The standard InChI is InChI=1S/C35H39ClN2/c1-21(2)28-16-12-17-29(22(3)4)34(28)33-23(5)19-32(31-18-11-14-27-13-9-10-15-30(27)31)35(24(33)6)38-26(8)25(7)37-20-36/h9-19,21-22H,20H2,1-8H3/b37-25+,38-26?. The molecule has 0 aromatic heterocycles. The highest BCUT2D eigenvalue weighted by Gasteiger charge is 2.23. The van der Waals surface area contributed by atoms with Crippen LogP contribution in [-0.2, 0) is 0 Å². The van der Waals surface area contributed by atoms with E-state index >= 15 is 0 Å². The highest BCUT2D eigenvalue weighted by atomic mass is 35.5. The molecule has 0 N–H and O–H groups in total. The average Bonchev–Trinajstić information content (AvgIpc) is 2.89. The van der Waals surface area contributed by atoms with Crippen molar-refractivity contribution >= 4 is 39.5 Å². The molecule has 2 nitrogen and oxygen atoms in total. The molecule has 4 aromatic rings. The minimum atomic E-state index is 0.229. The van der Waals surface area contributed by atoms with Crippen LogP contribution in [-0.4, -0.2) is 17.4 Å². The molecule has 0 bridgehead atoms. The molecule has 0 radical (unpaired) electrons. The molecule has 0 fully saturated rings. The van der Waals surface area contributed by atoms with Crippen LogP contribution < -0.4 is 0 Å². The zero-order chi connectivity index (χ0) is 27.6. The molecule has 0 aliphatic carbocycles. The lowest BCUT2D eigenvalue weighted by molar-refractivity contribution is 0.837. The SMILES string of the molecule is CC(=Nc1c(-c2cccc3ccccc23)cc(C)c(-c2c(C(C)C)cccc2C(C)C)c1C)/C(C)=N/CCl. The van der Waals surface area contributed by atoms with Gasteiger partial charge in [-0.25, -0.2) is 0 Å². The molecule has 0 atom stereocenters. The van der Waals surface area contributed by atoms with Crippen molar-refractivity contribution in [1.82, 2.24) is 0 Å². The lowest BCUT2D eigenvalue weighted by Gasteiger charge is -2.25. The van der Waals surface area contributed by atoms with E-state index in [-0.39, 0.29) is 6.00 Å². The van der Waals surface area contributed by atoms with Gasteiger partial charge in [-0.3, -0.25) is 9.98 Å². The Hall–Kier alpha value is -3.23. The highest BCUT2D eigenvalue weighted by molar-refractivity contribution is 6.41. The van der Waals surface area contributed by atoms with Gasteiger partial charge in [0.05, 0.1) is 17.1 Å². The van der Waals surface area contributed by atoms with E-state index in [0.29, 0.717) is 11.8 Å². The van der Waals surface area contributed by atoms with E-state index in [1.54, 1.807) is 0 Å². The number of halogens is 1. The van der Waals surface area contributed by atoms with Crippen molar-refractivity contribution in [3.05, 3.63) is 89.0 Å². The van der Waals surface area contributed by atoms with Gasteiger partial charge in [0, 0.05) is 5.56 Å². The summed E-state index contributed by atoms with van der Waals surface area (Å²) in [7, 11) is 0. The van der Waals surface area contributed by atoms with Crippen LogP contribution in [0.5, 0.6) is 0 Å². The van der Waals surface area contributed by atoms with Crippen LogP contribution in [0.25, 0.3) is 33.0 Å². The first-order valence-corrected chi connectivity index (χ1v) is 14.1. The van der Waals surface area contributed by atoms with Crippen LogP contribution >= 0.6 is 11.6 Å². The van der Waals surface area contributed by atoms with Gasteiger partial charge in [0.1, 0.15) is 6.00 Å². The highest BCUT2D eigenvalue weighted by Crippen LogP contribution is 2.46. The second-order valence-electron chi connectivity index (χ2n) is 10.8. The third-order valence-electron chi connectivity index (χ3n) is 7.54. The van der Waals surface area contributed by atoms with Crippen molar-refractivity contribution < 1.29 is 0 Å². The fraction of sp³-hybridized carbons (Fsp3) is 0.314. The second-order valence-corrected chi connectivity index (χ2v) is 11.0. The van der Waals surface area contributed by atoms with Crippen LogP contribution in [0, 0.1) is 13.8 Å². The van der Waals surface area contributed by atoms with E-state index in [2.05, 4.69) is 113 Å². The average molecular weight is 523 g/mol. The summed E-state index contributed by atoms with van der Waals surface area (Å²) < 4.78 is 0. The molecule has 0 saturated carbocycles. The van der Waals surface area contributed by atoms with Gasteiger partial charge in [0.2, 0.25) is 0 Å². The maximum Gasteiger partial charge on any atom is 0.113 e. The predicted molar refractivity (Wildman–Crippen MR) is 169 cm³/mol. The molecule has 0 unspecified atom stereocenters. The van der Waals surface area contributed by atoms with E-state index in [0.717, 1.165) is 22.7 Å². The summed E-state index contributed by atoms with van der Waals surface area (Å²) in [5.74, 6) is 0.819. The largest absolute Gasteiger partial charge is 0.272 e. The summed E-state index contributed by atoms with van der Waals surface area (Å²) in [6.07, 6.45) is 0. The number of nitrogens with zero attached hydrogens (tertiary/aromatic N) is 2. The summed E-state index contributed by atoms with van der Waals surface area (Å²) in [6.45, 7) is 17.6. The summed E-state index contributed by atoms with van der Waals surface area (Å²) in [5, 5.41) is 2.45. The van der Waals surface area contributed by atoms with E-state index in [1.165, 1.54) is 49.7 Å². The predicted octanol–water partition coefficient (Wildman–Crippen LogP) is 10.8. The first kappa shape index (κ1) is 27.8. The monoisotopic (exact) mass is 522 g/mol.